The maximum Gasteiger partial charge on any atom is 0.233 e. The molecule has 0 N–H and O–H groups in total. The molecule has 4 heterocycles. The van der Waals surface area contributed by atoms with Gasteiger partial charge in [0.05, 0.1) is 0 Å². The van der Waals surface area contributed by atoms with Crippen molar-refractivity contribution in [1.29, 1.82) is 0 Å². The van der Waals surface area contributed by atoms with Crippen LogP contribution in [0.15, 0.2) is 61.3 Å². The molecule has 6 nitrogen and oxygen atoms in total. The van der Waals surface area contributed by atoms with Gasteiger partial charge in [-0.05, 0) is 68.0 Å². The van der Waals surface area contributed by atoms with E-state index in [9.17, 15) is 0 Å². The Kier molecular flexibility index (Phi) is 7.43. The third-order valence-corrected chi connectivity index (χ3v) is 7.27. The first kappa shape index (κ1) is 22.2. The van der Waals surface area contributed by atoms with Crippen LogP contribution in [-0.4, -0.2) is 55.0 Å². The van der Waals surface area contributed by atoms with E-state index < -0.39 is 0 Å². The molecule has 1 aliphatic carbocycles. The van der Waals surface area contributed by atoms with Crippen molar-refractivity contribution in [3.63, 3.8) is 0 Å². The van der Waals surface area contributed by atoms with Gasteiger partial charge in [0.25, 0.3) is 0 Å². The summed E-state index contributed by atoms with van der Waals surface area (Å²) in [5.74, 6) is 1.45. The maximum atomic E-state index is 4.47. The van der Waals surface area contributed by atoms with Crippen LogP contribution in [0.25, 0.3) is 5.95 Å². The number of rotatable bonds is 8. The first-order chi connectivity index (χ1) is 16.3. The van der Waals surface area contributed by atoms with Gasteiger partial charge in [0.2, 0.25) is 5.95 Å². The molecular formula is C27H36N6. The van der Waals surface area contributed by atoms with E-state index in [2.05, 4.69) is 53.7 Å². The van der Waals surface area contributed by atoms with Crippen LogP contribution in [0, 0.1) is 5.92 Å². The summed E-state index contributed by atoms with van der Waals surface area (Å²) < 4.78 is 2.12. The second-order valence-corrected chi connectivity index (χ2v) is 9.74. The number of likely N-dealkylation sites (tertiary alicyclic amines) is 1. The number of aromatic nitrogens is 4. The fourth-order valence-electron chi connectivity index (χ4n) is 5.71. The van der Waals surface area contributed by atoms with Crippen molar-refractivity contribution in [3.05, 3.63) is 72.6 Å². The highest BCUT2D eigenvalue weighted by Crippen LogP contribution is 2.28. The highest BCUT2D eigenvalue weighted by molar-refractivity contribution is 5.20. The van der Waals surface area contributed by atoms with Gasteiger partial charge in [-0.1, -0.05) is 25.3 Å². The molecular weight excluding hydrogens is 408 g/mol. The Morgan fingerprint density at radius 1 is 0.879 bits per heavy atom. The largest absolute Gasteiger partial charge is 0.300 e. The third-order valence-electron chi connectivity index (χ3n) is 7.27. The molecule has 0 aromatic carbocycles. The Balaban J connectivity index is 1.31. The van der Waals surface area contributed by atoms with Crippen molar-refractivity contribution in [1.82, 2.24) is 29.3 Å². The number of pyridine rings is 1. The number of hydrogen-bond acceptors (Lipinski definition) is 5. The Morgan fingerprint density at radius 2 is 1.76 bits per heavy atom. The molecule has 33 heavy (non-hydrogen) atoms. The lowest BCUT2D eigenvalue weighted by Gasteiger charge is -2.41. The average Bonchev–Trinajstić information content (AvgIpc) is 3.34. The first-order valence-electron chi connectivity index (χ1n) is 12.6. The molecule has 3 aromatic rings. The zero-order valence-electron chi connectivity index (χ0n) is 19.6. The normalized spacial score (nSPS) is 20.3. The van der Waals surface area contributed by atoms with Gasteiger partial charge in [-0.2, -0.15) is 0 Å². The first-order valence-corrected chi connectivity index (χ1v) is 12.6. The molecule has 174 valence electrons. The standard InChI is InChI=1S/C27H36N6/c1-2-10-25(11-3-1)32-16-5-9-24(21-32)20-31(19-23-8-4-13-28-18-23)22-26-12-6-17-33(26)27-29-14-7-15-30-27/h4,6-8,12-15,17-18,24-25H,1-3,5,9-11,16,19-22H2/t24-/m1/s1. The molecule has 0 bridgehead atoms. The summed E-state index contributed by atoms with van der Waals surface area (Å²) in [5.41, 5.74) is 2.50. The lowest BCUT2D eigenvalue weighted by Crippen LogP contribution is -2.46. The van der Waals surface area contributed by atoms with Gasteiger partial charge in [-0.3, -0.25) is 14.5 Å². The second-order valence-electron chi connectivity index (χ2n) is 9.74. The Hall–Kier alpha value is -2.57. The Labute approximate surface area is 197 Å². The minimum Gasteiger partial charge on any atom is -0.300 e. The van der Waals surface area contributed by atoms with Crippen molar-refractivity contribution in [2.45, 2.75) is 64.1 Å². The van der Waals surface area contributed by atoms with Crippen LogP contribution in [-0.2, 0) is 13.1 Å². The van der Waals surface area contributed by atoms with E-state index in [1.807, 2.05) is 24.5 Å². The molecule has 5 rings (SSSR count). The molecule has 0 radical (unpaired) electrons. The molecule has 2 aliphatic rings. The van der Waals surface area contributed by atoms with Gasteiger partial charge in [0, 0.05) is 68.9 Å². The molecule has 0 amide bonds. The molecule has 1 aliphatic heterocycles. The van der Waals surface area contributed by atoms with Crippen LogP contribution in [0.2, 0.25) is 0 Å². The molecule has 0 unspecified atom stereocenters. The second kappa shape index (κ2) is 11.0. The highest BCUT2D eigenvalue weighted by atomic mass is 15.2. The predicted octanol–water partition coefficient (Wildman–Crippen LogP) is 4.71. The monoisotopic (exact) mass is 444 g/mol. The van der Waals surface area contributed by atoms with Crippen LogP contribution < -0.4 is 0 Å². The molecule has 0 spiro atoms. The van der Waals surface area contributed by atoms with Crippen molar-refractivity contribution < 1.29 is 0 Å². The summed E-state index contributed by atoms with van der Waals surface area (Å²) in [4.78, 5) is 18.7. The Morgan fingerprint density at radius 3 is 2.58 bits per heavy atom. The summed E-state index contributed by atoms with van der Waals surface area (Å²) in [6.45, 7) is 5.43. The number of nitrogens with zero attached hydrogens (tertiary/aromatic N) is 6. The van der Waals surface area contributed by atoms with Gasteiger partial charge in [-0.25, -0.2) is 9.97 Å². The highest BCUT2D eigenvalue weighted by Gasteiger charge is 2.28. The third kappa shape index (κ3) is 5.87. The molecule has 1 saturated heterocycles. The summed E-state index contributed by atoms with van der Waals surface area (Å²) in [6, 6.07) is 11.2. The van der Waals surface area contributed by atoms with Gasteiger partial charge < -0.3 is 4.90 Å². The van der Waals surface area contributed by atoms with Crippen molar-refractivity contribution in [3.8, 4) is 5.95 Å². The molecule has 1 saturated carbocycles. The lowest BCUT2D eigenvalue weighted by molar-refractivity contribution is 0.0767. The van der Waals surface area contributed by atoms with Crippen molar-refractivity contribution in [2.75, 3.05) is 19.6 Å². The fraction of sp³-hybridized carbons (Fsp3) is 0.519. The van der Waals surface area contributed by atoms with E-state index in [1.54, 1.807) is 12.4 Å². The summed E-state index contributed by atoms with van der Waals surface area (Å²) in [5, 5.41) is 0. The fourth-order valence-corrected chi connectivity index (χ4v) is 5.71. The van der Waals surface area contributed by atoms with Gasteiger partial charge in [-0.15, -0.1) is 0 Å². The van der Waals surface area contributed by atoms with Crippen LogP contribution in [0.5, 0.6) is 0 Å². The van der Waals surface area contributed by atoms with Crippen molar-refractivity contribution in [2.24, 2.45) is 5.92 Å². The zero-order valence-corrected chi connectivity index (χ0v) is 19.6. The number of piperidine rings is 1. The predicted molar refractivity (Wildman–Crippen MR) is 131 cm³/mol. The summed E-state index contributed by atoms with van der Waals surface area (Å²) in [6.07, 6.45) is 19.3. The topological polar surface area (TPSA) is 50.1 Å². The van der Waals surface area contributed by atoms with Gasteiger partial charge >= 0.3 is 0 Å². The quantitative estimate of drug-likeness (QED) is 0.504. The smallest absolute Gasteiger partial charge is 0.233 e. The molecule has 1 atom stereocenters. The van der Waals surface area contributed by atoms with Crippen LogP contribution in [0.4, 0.5) is 0 Å². The van der Waals surface area contributed by atoms with Crippen LogP contribution >= 0.6 is 0 Å². The zero-order chi connectivity index (χ0) is 22.3. The van der Waals surface area contributed by atoms with E-state index in [1.165, 1.54) is 69.3 Å². The molecule has 3 aromatic heterocycles. The van der Waals surface area contributed by atoms with E-state index in [4.69, 9.17) is 0 Å². The molecule has 6 heteroatoms. The van der Waals surface area contributed by atoms with E-state index >= 15 is 0 Å². The lowest BCUT2D eigenvalue weighted by atomic mass is 9.90. The Bertz CT molecular complexity index is 967. The van der Waals surface area contributed by atoms with E-state index in [0.29, 0.717) is 5.92 Å². The van der Waals surface area contributed by atoms with Gasteiger partial charge in [0.1, 0.15) is 0 Å². The van der Waals surface area contributed by atoms with Crippen molar-refractivity contribution >= 4 is 0 Å². The van der Waals surface area contributed by atoms with Crippen LogP contribution in [0.3, 0.4) is 0 Å². The maximum absolute atomic E-state index is 4.47. The molecule has 2 fully saturated rings. The van der Waals surface area contributed by atoms with Crippen LogP contribution in [0.1, 0.15) is 56.2 Å². The minimum absolute atomic E-state index is 0.716. The van der Waals surface area contributed by atoms with E-state index in [0.717, 1.165) is 31.6 Å². The average molecular weight is 445 g/mol. The summed E-state index contributed by atoms with van der Waals surface area (Å²) >= 11 is 0. The van der Waals surface area contributed by atoms with E-state index in [-0.39, 0.29) is 0 Å². The minimum atomic E-state index is 0.716. The number of hydrogen-bond donors (Lipinski definition) is 0. The summed E-state index contributed by atoms with van der Waals surface area (Å²) in [7, 11) is 0. The SMILES string of the molecule is c1cnc(-n2cccc2CN(Cc2cccnc2)C[C@H]2CCCN(C3CCCCC3)C2)nc1. The van der Waals surface area contributed by atoms with Gasteiger partial charge in [0.15, 0.2) is 0 Å².